The third-order valence-electron chi connectivity index (χ3n) is 3.45. The van der Waals surface area contributed by atoms with Crippen molar-refractivity contribution in [2.24, 2.45) is 0 Å². The number of rotatable bonds is 3. The molecule has 3 heterocycles. The summed E-state index contributed by atoms with van der Waals surface area (Å²) >= 11 is 5.96. The minimum absolute atomic E-state index is 0.725. The van der Waals surface area contributed by atoms with Crippen LogP contribution in [-0.4, -0.2) is 52.5 Å². The Morgan fingerprint density at radius 3 is 2.79 bits per heavy atom. The standard InChI is InChI=1S/C13H18ClN5/c1-17-4-6-19(7-5-17)15-8-12-10-18-9-11(14)2-3-13(18)16-12/h2-3,9-10,15H,4-8H2,1H3. The lowest BCUT2D eigenvalue weighted by Gasteiger charge is -2.32. The minimum atomic E-state index is 0.725. The fourth-order valence-electron chi connectivity index (χ4n) is 2.26. The van der Waals surface area contributed by atoms with Gasteiger partial charge in [0.1, 0.15) is 5.65 Å². The van der Waals surface area contributed by atoms with Crippen LogP contribution in [0.25, 0.3) is 5.65 Å². The molecule has 1 fully saturated rings. The van der Waals surface area contributed by atoms with Crippen LogP contribution in [0.5, 0.6) is 0 Å². The van der Waals surface area contributed by atoms with Gasteiger partial charge in [-0.3, -0.25) is 0 Å². The van der Waals surface area contributed by atoms with Crippen molar-refractivity contribution in [2.45, 2.75) is 6.54 Å². The molecule has 6 heteroatoms. The van der Waals surface area contributed by atoms with E-state index in [2.05, 4.69) is 27.4 Å². The molecule has 0 aliphatic carbocycles. The van der Waals surface area contributed by atoms with Gasteiger partial charge in [-0.25, -0.2) is 15.4 Å². The van der Waals surface area contributed by atoms with Gasteiger partial charge in [0.05, 0.1) is 17.3 Å². The van der Waals surface area contributed by atoms with Gasteiger partial charge in [-0.1, -0.05) is 11.6 Å². The van der Waals surface area contributed by atoms with Crippen LogP contribution in [0.4, 0.5) is 0 Å². The molecule has 2 aromatic rings. The van der Waals surface area contributed by atoms with Gasteiger partial charge in [-0.05, 0) is 19.2 Å². The first-order valence-corrected chi connectivity index (χ1v) is 6.89. The van der Waals surface area contributed by atoms with E-state index in [0.717, 1.165) is 49.1 Å². The average molecular weight is 280 g/mol. The Bertz CT molecular complexity index is 559. The molecule has 3 rings (SSSR count). The first-order valence-electron chi connectivity index (χ1n) is 6.51. The smallest absolute Gasteiger partial charge is 0.137 e. The van der Waals surface area contributed by atoms with Crippen molar-refractivity contribution in [1.29, 1.82) is 0 Å². The van der Waals surface area contributed by atoms with Gasteiger partial charge in [0.15, 0.2) is 0 Å². The third kappa shape index (κ3) is 3.06. The summed E-state index contributed by atoms with van der Waals surface area (Å²) in [5.41, 5.74) is 5.39. The Kier molecular flexibility index (Phi) is 3.70. The fourth-order valence-corrected chi connectivity index (χ4v) is 2.43. The number of nitrogens with one attached hydrogen (secondary N) is 1. The van der Waals surface area contributed by atoms with Gasteiger partial charge in [-0.15, -0.1) is 0 Å². The molecule has 0 radical (unpaired) electrons. The molecule has 5 nitrogen and oxygen atoms in total. The number of halogens is 1. The highest BCUT2D eigenvalue weighted by molar-refractivity contribution is 6.30. The van der Waals surface area contributed by atoms with Crippen LogP contribution in [-0.2, 0) is 6.54 Å². The molecule has 2 aromatic heterocycles. The molecule has 0 unspecified atom stereocenters. The van der Waals surface area contributed by atoms with E-state index in [-0.39, 0.29) is 0 Å². The summed E-state index contributed by atoms with van der Waals surface area (Å²) in [7, 11) is 2.16. The van der Waals surface area contributed by atoms with Crippen LogP contribution in [0.15, 0.2) is 24.5 Å². The molecule has 0 atom stereocenters. The highest BCUT2D eigenvalue weighted by Gasteiger charge is 2.13. The summed E-state index contributed by atoms with van der Waals surface area (Å²) in [6.45, 7) is 5.07. The second kappa shape index (κ2) is 5.46. The summed E-state index contributed by atoms with van der Waals surface area (Å²) in [5, 5.41) is 2.99. The number of fused-ring (bicyclic) bond motifs is 1. The molecular formula is C13H18ClN5. The maximum atomic E-state index is 5.96. The lowest BCUT2D eigenvalue weighted by atomic mass is 10.4. The second-order valence-electron chi connectivity index (χ2n) is 4.97. The average Bonchev–Trinajstić information content (AvgIpc) is 2.80. The molecule has 0 bridgehead atoms. The summed E-state index contributed by atoms with van der Waals surface area (Å²) in [6.07, 6.45) is 3.90. The van der Waals surface area contributed by atoms with Crippen molar-refractivity contribution in [3.8, 4) is 0 Å². The van der Waals surface area contributed by atoms with E-state index in [1.807, 2.05) is 28.9 Å². The maximum Gasteiger partial charge on any atom is 0.137 e. The summed E-state index contributed by atoms with van der Waals surface area (Å²) in [4.78, 5) is 6.90. The highest BCUT2D eigenvalue weighted by atomic mass is 35.5. The number of likely N-dealkylation sites (N-methyl/N-ethyl adjacent to an activating group) is 1. The van der Waals surface area contributed by atoms with E-state index in [0.29, 0.717) is 0 Å². The Balaban J connectivity index is 1.62. The Hall–Kier alpha value is -1.14. The van der Waals surface area contributed by atoms with Gasteiger partial charge in [0.25, 0.3) is 0 Å². The molecule has 0 amide bonds. The van der Waals surface area contributed by atoms with E-state index in [1.165, 1.54) is 0 Å². The number of hydrazine groups is 1. The molecule has 0 aromatic carbocycles. The third-order valence-corrected chi connectivity index (χ3v) is 3.68. The topological polar surface area (TPSA) is 35.8 Å². The largest absolute Gasteiger partial charge is 0.305 e. The zero-order chi connectivity index (χ0) is 13.2. The molecule has 1 N–H and O–H groups in total. The summed E-state index contributed by atoms with van der Waals surface area (Å²) in [5.74, 6) is 0. The Morgan fingerprint density at radius 2 is 2.00 bits per heavy atom. The monoisotopic (exact) mass is 279 g/mol. The predicted octanol–water partition coefficient (Wildman–Crippen LogP) is 1.24. The van der Waals surface area contributed by atoms with E-state index in [9.17, 15) is 0 Å². The van der Waals surface area contributed by atoms with Crippen molar-refractivity contribution >= 4 is 17.2 Å². The van der Waals surface area contributed by atoms with Crippen LogP contribution >= 0.6 is 11.6 Å². The number of piperazine rings is 1. The fraction of sp³-hybridized carbons (Fsp3) is 0.462. The summed E-state index contributed by atoms with van der Waals surface area (Å²) < 4.78 is 1.96. The van der Waals surface area contributed by atoms with Gasteiger partial charge >= 0.3 is 0 Å². The van der Waals surface area contributed by atoms with Crippen molar-refractivity contribution < 1.29 is 0 Å². The number of aromatic nitrogens is 2. The van der Waals surface area contributed by atoms with Crippen molar-refractivity contribution in [2.75, 3.05) is 33.2 Å². The second-order valence-corrected chi connectivity index (χ2v) is 5.41. The summed E-state index contributed by atoms with van der Waals surface area (Å²) in [6, 6.07) is 3.79. The molecule has 1 saturated heterocycles. The van der Waals surface area contributed by atoms with E-state index in [4.69, 9.17) is 11.6 Å². The molecule has 19 heavy (non-hydrogen) atoms. The van der Waals surface area contributed by atoms with Crippen LogP contribution in [0, 0.1) is 0 Å². The molecule has 1 aliphatic rings. The minimum Gasteiger partial charge on any atom is -0.305 e. The molecule has 102 valence electrons. The van der Waals surface area contributed by atoms with Crippen LogP contribution < -0.4 is 5.43 Å². The number of nitrogens with zero attached hydrogens (tertiary/aromatic N) is 4. The molecule has 0 spiro atoms. The predicted molar refractivity (Wildman–Crippen MR) is 76.1 cm³/mol. The number of hydrogen-bond acceptors (Lipinski definition) is 4. The zero-order valence-electron chi connectivity index (χ0n) is 11.0. The van der Waals surface area contributed by atoms with Crippen molar-refractivity contribution in [3.63, 3.8) is 0 Å². The van der Waals surface area contributed by atoms with Gasteiger partial charge in [-0.2, -0.15) is 0 Å². The number of hydrogen-bond donors (Lipinski definition) is 1. The lowest BCUT2D eigenvalue weighted by molar-refractivity contribution is 0.102. The van der Waals surface area contributed by atoms with E-state index >= 15 is 0 Å². The van der Waals surface area contributed by atoms with E-state index in [1.54, 1.807) is 0 Å². The lowest BCUT2D eigenvalue weighted by Crippen LogP contribution is -2.50. The van der Waals surface area contributed by atoms with Crippen molar-refractivity contribution in [3.05, 3.63) is 35.2 Å². The van der Waals surface area contributed by atoms with Gasteiger partial charge < -0.3 is 9.30 Å². The van der Waals surface area contributed by atoms with Gasteiger partial charge in [0, 0.05) is 38.6 Å². The molecule has 0 saturated carbocycles. The Labute approximate surface area is 117 Å². The highest BCUT2D eigenvalue weighted by Crippen LogP contribution is 2.11. The quantitative estimate of drug-likeness (QED) is 0.917. The molecular weight excluding hydrogens is 262 g/mol. The normalized spacial score (nSPS) is 18.2. The first kappa shape index (κ1) is 12.9. The zero-order valence-corrected chi connectivity index (χ0v) is 11.8. The first-order chi connectivity index (χ1) is 9.20. The SMILES string of the molecule is CN1CCN(NCc2cn3cc(Cl)ccc3n2)CC1. The van der Waals surface area contributed by atoms with Crippen LogP contribution in [0.3, 0.4) is 0 Å². The van der Waals surface area contributed by atoms with Gasteiger partial charge in [0.2, 0.25) is 0 Å². The number of imidazole rings is 1. The van der Waals surface area contributed by atoms with Crippen molar-refractivity contribution in [1.82, 2.24) is 24.7 Å². The van der Waals surface area contributed by atoms with Crippen LogP contribution in [0.1, 0.15) is 5.69 Å². The molecule has 1 aliphatic heterocycles. The Morgan fingerprint density at radius 1 is 1.21 bits per heavy atom. The van der Waals surface area contributed by atoms with E-state index < -0.39 is 0 Å². The number of pyridine rings is 1. The van der Waals surface area contributed by atoms with Crippen LogP contribution in [0.2, 0.25) is 5.02 Å². The maximum absolute atomic E-state index is 5.96.